The fourth-order valence-corrected chi connectivity index (χ4v) is 3.23. The minimum atomic E-state index is 0.466. The van der Waals surface area contributed by atoms with Gasteiger partial charge in [0.05, 0.1) is 16.4 Å². The molecular weight excluding hydrogens is 370 g/mol. The van der Waals surface area contributed by atoms with Crippen molar-refractivity contribution in [2.45, 2.75) is 26.5 Å². The number of aliphatic imine (C=N–C) groups is 1. The molecular formula is C21H25N5OS. The molecule has 0 fully saturated rings. The van der Waals surface area contributed by atoms with E-state index in [9.17, 15) is 0 Å². The van der Waals surface area contributed by atoms with Gasteiger partial charge in [-0.25, -0.2) is 4.98 Å². The molecule has 0 bridgehead atoms. The first-order valence-corrected chi connectivity index (χ1v) is 10.1. The lowest BCUT2D eigenvalue weighted by atomic mass is 10.2. The molecule has 0 amide bonds. The summed E-state index contributed by atoms with van der Waals surface area (Å²) in [5.74, 6) is 1.61. The number of ether oxygens (including phenoxy) is 1. The molecule has 146 valence electrons. The summed E-state index contributed by atoms with van der Waals surface area (Å²) in [7, 11) is 1.77. The van der Waals surface area contributed by atoms with Gasteiger partial charge < -0.3 is 15.4 Å². The van der Waals surface area contributed by atoms with E-state index >= 15 is 0 Å². The van der Waals surface area contributed by atoms with Gasteiger partial charge in [-0.15, -0.1) is 11.3 Å². The van der Waals surface area contributed by atoms with Gasteiger partial charge in [0, 0.05) is 38.1 Å². The lowest BCUT2D eigenvalue weighted by molar-refractivity contribution is 0.301. The van der Waals surface area contributed by atoms with Crippen molar-refractivity contribution in [2.24, 2.45) is 4.99 Å². The Balaban J connectivity index is 1.40. The number of hydrogen-bond acceptors (Lipinski definition) is 5. The van der Waals surface area contributed by atoms with Crippen LogP contribution in [0.15, 0.2) is 59.0 Å². The van der Waals surface area contributed by atoms with Crippen molar-refractivity contribution in [1.82, 2.24) is 20.6 Å². The third kappa shape index (κ3) is 6.35. The molecule has 0 atom stereocenters. The molecule has 0 saturated heterocycles. The van der Waals surface area contributed by atoms with E-state index in [4.69, 9.17) is 4.74 Å². The summed E-state index contributed by atoms with van der Waals surface area (Å²) < 4.78 is 5.77. The van der Waals surface area contributed by atoms with Crippen LogP contribution >= 0.6 is 11.3 Å². The Morgan fingerprint density at radius 2 is 1.96 bits per heavy atom. The van der Waals surface area contributed by atoms with Crippen molar-refractivity contribution in [3.63, 3.8) is 0 Å². The number of hydrogen-bond donors (Lipinski definition) is 2. The number of aromatic nitrogens is 2. The number of pyridine rings is 1. The second kappa shape index (κ2) is 10.4. The zero-order chi connectivity index (χ0) is 19.6. The summed E-state index contributed by atoms with van der Waals surface area (Å²) in [4.78, 5) is 13.0. The summed E-state index contributed by atoms with van der Waals surface area (Å²) in [6, 6.07) is 13.8. The Kier molecular flexibility index (Phi) is 7.37. The van der Waals surface area contributed by atoms with Gasteiger partial charge in [-0.2, -0.15) is 0 Å². The number of nitrogens with one attached hydrogen (secondary N) is 2. The maximum absolute atomic E-state index is 5.77. The highest BCUT2D eigenvalue weighted by molar-refractivity contribution is 7.09. The second-order valence-electron chi connectivity index (χ2n) is 6.21. The molecule has 0 unspecified atom stereocenters. The van der Waals surface area contributed by atoms with Crippen LogP contribution in [0.25, 0.3) is 0 Å². The molecule has 7 heteroatoms. The van der Waals surface area contributed by atoms with Gasteiger partial charge in [0.1, 0.15) is 12.4 Å². The number of rotatable bonds is 8. The van der Waals surface area contributed by atoms with Crippen LogP contribution in [0.3, 0.4) is 0 Å². The maximum atomic E-state index is 5.77. The Hall–Kier alpha value is -2.93. The van der Waals surface area contributed by atoms with E-state index in [1.54, 1.807) is 24.6 Å². The molecule has 2 N–H and O–H groups in total. The number of aryl methyl sites for hydroxylation is 1. The van der Waals surface area contributed by atoms with Crippen molar-refractivity contribution in [3.8, 4) is 5.75 Å². The number of benzene rings is 1. The van der Waals surface area contributed by atoms with Crippen molar-refractivity contribution in [3.05, 3.63) is 76.0 Å². The van der Waals surface area contributed by atoms with Crippen LogP contribution in [0.2, 0.25) is 0 Å². The van der Waals surface area contributed by atoms with Crippen LogP contribution in [0.1, 0.15) is 22.0 Å². The predicted octanol–water partition coefficient (Wildman–Crippen LogP) is 3.33. The van der Waals surface area contributed by atoms with E-state index in [0.717, 1.165) is 46.6 Å². The fraction of sp³-hybridized carbons (Fsp3) is 0.286. The minimum absolute atomic E-state index is 0.466. The van der Waals surface area contributed by atoms with E-state index in [1.165, 1.54) is 0 Å². The standard InChI is InChI=1S/C21H25N5OS/c1-16-26-19(15-28-16)10-12-24-21(22-2)25-13-17-6-8-20(9-7-17)27-14-18-5-3-4-11-23-18/h3-9,11,15H,10,12-14H2,1-2H3,(H2,22,24,25). The third-order valence-electron chi connectivity index (χ3n) is 4.06. The average molecular weight is 396 g/mol. The van der Waals surface area contributed by atoms with Gasteiger partial charge in [0.25, 0.3) is 0 Å². The van der Waals surface area contributed by atoms with Gasteiger partial charge in [-0.3, -0.25) is 9.98 Å². The molecule has 3 aromatic rings. The van der Waals surface area contributed by atoms with E-state index < -0.39 is 0 Å². The number of thiazole rings is 1. The first kappa shape index (κ1) is 19.8. The normalized spacial score (nSPS) is 11.3. The molecule has 6 nitrogen and oxygen atoms in total. The minimum Gasteiger partial charge on any atom is -0.487 e. The fourth-order valence-electron chi connectivity index (χ4n) is 2.58. The largest absolute Gasteiger partial charge is 0.487 e. The summed E-state index contributed by atoms with van der Waals surface area (Å²) in [5.41, 5.74) is 3.19. The first-order chi connectivity index (χ1) is 13.7. The topological polar surface area (TPSA) is 71.4 Å². The van der Waals surface area contributed by atoms with Crippen molar-refractivity contribution >= 4 is 17.3 Å². The van der Waals surface area contributed by atoms with Gasteiger partial charge in [0.2, 0.25) is 0 Å². The molecule has 28 heavy (non-hydrogen) atoms. The van der Waals surface area contributed by atoms with Crippen LogP contribution in [-0.2, 0) is 19.6 Å². The molecule has 0 radical (unpaired) electrons. The Bertz CT molecular complexity index is 877. The van der Waals surface area contributed by atoms with Crippen LogP contribution in [0.4, 0.5) is 0 Å². The van der Waals surface area contributed by atoms with E-state index in [1.807, 2.05) is 49.4 Å². The zero-order valence-corrected chi connectivity index (χ0v) is 17.0. The van der Waals surface area contributed by atoms with Gasteiger partial charge >= 0.3 is 0 Å². The Morgan fingerprint density at radius 3 is 2.64 bits per heavy atom. The van der Waals surface area contributed by atoms with E-state index in [0.29, 0.717) is 13.2 Å². The molecule has 2 aromatic heterocycles. The van der Waals surface area contributed by atoms with Crippen molar-refractivity contribution in [1.29, 1.82) is 0 Å². The molecule has 0 aliphatic heterocycles. The summed E-state index contributed by atoms with van der Waals surface area (Å²) >= 11 is 1.68. The quantitative estimate of drug-likeness (QED) is 0.452. The SMILES string of the molecule is CN=C(NCCc1csc(C)n1)NCc1ccc(OCc2ccccn2)cc1. The smallest absolute Gasteiger partial charge is 0.191 e. The lowest BCUT2D eigenvalue weighted by Gasteiger charge is -2.12. The third-order valence-corrected chi connectivity index (χ3v) is 4.88. The second-order valence-corrected chi connectivity index (χ2v) is 7.28. The Morgan fingerprint density at radius 1 is 1.11 bits per heavy atom. The van der Waals surface area contributed by atoms with E-state index in [2.05, 4.69) is 31.0 Å². The maximum Gasteiger partial charge on any atom is 0.191 e. The molecule has 1 aromatic carbocycles. The number of guanidine groups is 1. The average Bonchev–Trinajstić information content (AvgIpc) is 3.15. The highest BCUT2D eigenvalue weighted by Crippen LogP contribution is 2.13. The van der Waals surface area contributed by atoms with Crippen LogP contribution in [0, 0.1) is 6.92 Å². The van der Waals surface area contributed by atoms with Crippen LogP contribution < -0.4 is 15.4 Å². The zero-order valence-electron chi connectivity index (χ0n) is 16.2. The lowest BCUT2D eigenvalue weighted by Crippen LogP contribution is -2.37. The molecule has 2 heterocycles. The predicted molar refractivity (Wildman–Crippen MR) is 114 cm³/mol. The molecule has 3 rings (SSSR count). The Labute approximate surface area is 169 Å². The number of nitrogens with zero attached hydrogens (tertiary/aromatic N) is 3. The molecule has 0 aliphatic carbocycles. The van der Waals surface area contributed by atoms with Gasteiger partial charge in [-0.05, 0) is 36.8 Å². The molecule has 0 aliphatic rings. The van der Waals surface area contributed by atoms with Gasteiger partial charge in [0.15, 0.2) is 5.96 Å². The van der Waals surface area contributed by atoms with Crippen molar-refractivity contribution < 1.29 is 4.74 Å². The van der Waals surface area contributed by atoms with Crippen molar-refractivity contribution in [2.75, 3.05) is 13.6 Å². The molecule has 0 saturated carbocycles. The monoisotopic (exact) mass is 395 g/mol. The van der Waals surface area contributed by atoms with Crippen LogP contribution in [0.5, 0.6) is 5.75 Å². The first-order valence-electron chi connectivity index (χ1n) is 9.20. The van der Waals surface area contributed by atoms with Gasteiger partial charge in [-0.1, -0.05) is 18.2 Å². The van der Waals surface area contributed by atoms with Crippen LogP contribution in [-0.4, -0.2) is 29.5 Å². The summed E-state index contributed by atoms with van der Waals surface area (Å²) in [6.07, 6.45) is 2.65. The summed E-state index contributed by atoms with van der Waals surface area (Å²) in [5, 5.41) is 9.85. The van der Waals surface area contributed by atoms with E-state index in [-0.39, 0.29) is 0 Å². The molecule has 0 spiro atoms. The summed E-state index contributed by atoms with van der Waals surface area (Å²) in [6.45, 7) is 3.98. The highest BCUT2D eigenvalue weighted by atomic mass is 32.1. The highest BCUT2D eigenvalue weighted by Gasteiger charge is 2.02.